The molecule has 1 aliphatic heterocycles. The Hall–Kier alpha value is -1.76. The van der Waals surface area contributed by atoms with Crippen LogP contribution >= 0.6 is 0 Å². The molecule has 1 aromatic rings. The summed E-state index contributed by atoms with van der Waals surface area (Å²) in [5, 5.41) is 20.9. The molecule has 0 radical (unpaired) electrons. The van der Waals surface area contributed by atoms with Crippen molar-refractivity contribution in [2.24, 2.45) is 0 Å². The highest BCUT2D eigenvalue weighted by molar-refractivity contribution is 5.64. The predicted octanol–water partition coefficient (Wildman–Crippen LogP) is 2.22. The van der Waals surface area contributed by atoms with Gasteiger partial charge in [-0.05, 0) is 19.8 Å². The molecule has 104 valence electrons. The topological polar surface area (TPSA) is 66.6 Å². The van der Waals surface area contributed by atoms with Crippen LogP contribution in [0.3, 0.4) is 0 Å². The first kappa shape index (κ1) is 13.7. The molecule has 0 spiro atoms. The lowest BCUT2D eigenvalue weighted by Gasteiger charge is -2.37. The summed E-state index contributed by atoms with van der Waals surface area (Å²) in [5.41, 5.74) is -1.89. The second-order valence-corrected chi connectivity index (χ2v) is 5.03. The maximum absolute atomic E-state index is 13.5. The molecule has 1 saturated heterocycles. The third-order valence-corrected chi connectivity index (χ3v) is 3.21. The molecule has 1 aromatic carbocycles. The minimum atomic E-state index is -1.20. The van der Waals surface area contributed by atoms with E-state index in [1.807, 2.05) is 0 Å². The largest absolute Gasteiger partial charge is 0.388 e. The van der Waals surface area contributed by atoms with Gasteiger partial charge in [0.05, 0.1) is 10.5 Å². The standard InChI is InChI=1S/C12H14F2N2O3/c1-12(17)3-2-4-15(7-12)10-6-8(13)5-9(14)11(10)16(18)19/h5-6,17H,2-4,7H2,1H3. The van der Waals surface area contributed by atoms with E-state index >= 15 is 0 Å². The fraction of sp³-hybridized carbons (Fsp3) is 0.500. The molecule has 1 fully saturated rings. The van der Waals surface area contributed by atoms with E-state index in [1.54, 1.807) is 6.92 Å². The van der Waals surface area contributed by atoms with Crippen molar-refractivity contribution in [3.63, 3.8) is 0 Å². The van der Waals surface area contributed by atoms with Gasteiger partial charge in [0, 0.05) is 25.2 Å². The predicted molar refractivity (Wildman–Crippen MR) is 65.1 cm³/mol. The SMILES string of the molecule is CC1(O)CCCN(c2cc(F)cc(F)c2[N+](=O)[O-])C1. The van der Waals surface area contributed by atoms with Crippen LogP contribution in [0.2, 0.25) is 0 Å². The zero-order valence-corrected chi connectivity index (χ0v) is 10.4. The van der Waals surface area contributed by atoms with Gasteiger partial charge in [-0.15, -0.1) is 0 Å². The van der Waals surface area contributed by atoms with Gasteiger partial charge in [-0.25, -0.2) is 4.39 Å². The van der Waals surface area contributed by atoms with Crippen molar-refractivity contribution < 1.29 is 18.8 Å². The number of halogens is 2. The minimum absolute atomic E-state index is 0.108. The molecule has 0 aliphatic carbocycles. The molecule has 0 saturated carbocycles. The van der Waals surface area contributed by atoms with Crippen molar-refractivity contribution in [1.29, 1.82) is 0 Å². The van der Waals surface area contributed by atoms with E-state index in [4.69, 9.17) is 0 Å². The Morgan fingerprint density at radius 2 is 2.16 bits per heavy atom. The molecule has 1 unspecified atom stereocenters. The smallest absolute Gasteiger partial charge is 0.328 e. The van der Waals surface area contributed by atoms with Crippen LogP contribution in [-0.4, -0.2) is 28.7 Å². The van der Waals surface area contributed by atoms with Crippen molar-refractivity contribution in [3.8, 4) is 0 Å². The molecule has 0 amide bonds. The van der Waals surface area contributed by atoms with E-state index < -0.39 is 27.8 Å². The lowest BCUT2D eigenvalue weighted by Crippen LogP contribution is -2.46. The Balaban J connectivity index is 2.46. The van der Waals surface area contributed by atoms with Crippen molar-refractivity contribution >= 4 is 11.4 Å². The van der Waals surface area contributed by atoms with E-state index in [0.29, 0.717) is 25.5 Å². The Morgan fingerprint density at radius 1 is 1.47 bits per heavy atom. The maximum atomic E-state index is 13.5. The summed E-state index contributed by atoms with van der Waals surface area (Å²) in [6.07, 6.45) is 1.15. The number of hydrogen-bond acceptors (Lipinski definition) is 4. The molecule has 19 heavy (non-hydrogen) atoms. The molecule has 0 aromatic heterocycles. The van der Waals surface area contributed by atoms with Crippen LogP contribution in [-0.2, 0) is 0 Å². The number of benzene rings is 1. The second-order valence-electron chi connectivity index (χ2n) is 5.03. The molecule has 5 nitrogen and oxygen atoms in total. The number of nitro groups is 1. The van der Waals surface area contributed by atoms with E-state index in [1.165, 1.54) is 4.90 Å². The zero-order chi connectivity index (χ0) is 14.2. The first-order chi connectivity index (χ1) is 8.80. The van der Waals surface area contributed by atoms with Gasteiger partial charge in [0.2, 0.25) is 5.82 Å². The average molecular weight is 272 g/mol. The lowest BCUT2D eigenvalue weighted by atomic mass is 9.94. The fourth-order valence-electron chi connectivity index (χ4n) is 2.40. The Labute approximate surface area is 108 Å². The van der Waals surface area contributed by atoms with Gasteiger partial charge in [0.15, 0.2) is 0 Å². The van der Waals surface area contributed by atoms with Gasteiger partial charge in [0.1, 0.15) is 11.5 Å². The maximum Gasteiger partial charge on any atom is 0.328 e. The average Bonchev–Trinajstić information content (AvgIpc) is 2.25. The molecule has 1 N–H and O–H groups in total. The van der Waals surface area contributed by atoms with Crippen LogP contribution in [0, 0.1) is 21.7 Å². The van der Waals surface area contributed by atoms with Crippen LogP contribution in [0.25, 0.3) is 0 Å². The number of nitro benzene ring substituents is 1. The van der Waals surface area contributed by atoms with Gasteiger partial charge in [0.25, 0.3) is 0 Å². The zero-order valence-electron chi connectivity index (χ0n) is 10.4. The van der Waals surface area contributed by atoms with Crippen LogP contribution in [0.15, 0.2) is 12.1 Å². The van der Waals surface area contributed by atoms with Crippen molar-refractivity contribution in [2.45, 2.75) is 25.4 Å². The number of nitrogens with zero attached hydrogens (tertiary/aromatic N) is 2. The summed E-state index contributed by atoms with van der Waals surface area (Å²) in [6.45, 7) is 2.12. The van der Waals surface area contributed by atoms with E-state index in [2.05, 4.69) is 0 Å². The summed E-state index contributed by atoms with van der Waals surface area (Å²) in [7, 11) is 0. The number of aliphatic hydroxyl groups is 1. The van der Waals surface area contributed by atoms with Gasteiger partial charge < -0.3 is 10.0 Å². The van der Waals surface area contributed by atoms with E-state index in [-0.39, 0.29) is 12.2 Å². The summed E-state index contributed by atoms with van der Waals surface area (Å²) >= 11 is 0. The molecule has 7 heteroatoms. The normalized spacial score (nSPS) is 23.5. The van der Waals surface area contributed by atoms with Crippen LogP contribution < -0.4 is 4.90 Å². The van der Waals surface area contributed by atoms with Gasteiger partial charge in [-0.2, -0.15) is 4.39 Å². The molecule has 1 heterocycles. The summed E-state index contributed by atoms with van der Waals surface area (Å²) < 4.78 is 26.8. The van der Waals surface area contributed by atoms with Crippen molar-refractivity contribution in [2.75, 3.05) is 18.0 Å². The van der Waals surface area contributed by atoms with Gasteiger partial charge in [-0.1, -0.05) is 0 Å². The highest BCUT2D eigenvalue weighted by Crippen LogP contribution is 2.35. The Bertz CT molecular complexity index is 520. The lowest BCUT2D eigenvalue weighted by molar-refractivity contribution is -0.386. The molecular weight excluding hydrogens is 258 g/mol. The molecule has 2 rings (SSSR count). The van der Waals surface area contributed by atoms with Gasteiger partial charge in [-0.3, -0.25) is 10.1 Å². The third-order valence-electron chi connectivity index (χ3n) is 3.21. The summed E-state index contributed by atoms with van der Waals surface area (Å²) in [6, 6.07) is 1.42. The number of anilines is 1. The number of hydrogen-bond donors (Lipinski definition) is 1. The van der Waals surface area contributed by atoms with E-state index in [0.717, 1.165) is 6.07 Å². The van der Waals surface area contributed by atoms with Gasteiger partial charge >= 0.3 is 5.69 Å². The Kier molecular flexibility index (Phi) is 3.40. The highest BCUT2D eigenvalue weighted by atomic mass is 19.1. The van der Waals surface area contributed by atoms with E-state index in [9.17, 15) is 24.0 Å². The van der Waals surface area contributed by atoms with Crippen LogP contribution in [0.4, 0.5) is 20.2 Å². The Morgan fingerprint density at radius 3 is 2.74 bits per heavy atom. The quantitative estimate of drug-likeness (QED) is 0.662. The first-order valence-corrected chi connectivity index (χ1v) is 5.91. The molecule has 1 atom stereocenters. The monoisotopic (exact) mass is 272 g/mol. The summed E-state index contributed by atoms with van der Waals surface area (Å²) in [5.74, 6) is -2.08. The number of piperidine rings is 1. The van der Waals surface area contributed by atoms with Crippen molar-refractivity contribution in [3.05, 3.63) is 33.9 Å². The number of rotatable bonds is 2. The van der Waals surface area contributed by atoms with Crippen LogP contribution in [0.1, 0.15) is 19.8 Å². The van der Waals surface area contributed by atoms with Crippen LogP contribution in [0.5, 0.6) is 0 Å². The molecule has 0 bridgehead atoms. The highest BCUT2D eigenvalue weighted by Gasteiger charge is 2.33. The van der Waals surface area contributed by atoms with Crippen molar-refractivity contribution in [1.82, 2.24) is 0 Å². The first-order valence-electron chi connectivity index (χ1n) is 5.91. The summed E-state index contributed by atoms with van der Waals surface area (Å²) in [4.78, 5) is 11.5. The molecule has 1 aliphatic rings. The fourth-order valence-corrected chi connectivity index (χ4v) is 2.40. The third kappa shape index (κ3) is 2.81. The molecular formula is C12H14F2N2O3. The number of β-amino-alcohol motifs (C(OH)–C–C–N with tert-alkyl or cyclic N) is 1. The second kappa shape index (κ2) is 4.73. The minimum Gasteiger partial charge on any atom is -0.388 e.